The highest BCUT2D eigenvalue weighted by Gasteiger charge is 2.11. The summed E-state index contributed by atoms with van der Waals surface area (Å²) in [5.74, 6) is 1.86. The van der Waals surface area contributed by atoms with Crippen LogP contribution in [-0.2, 0) is 0 Å². The minimum absolute atomic E-state index is 0.927. The second kappa shape index (κ2) is 18.5. The van der Waals surface area contributed by atoms with Crippen molar-refractivity contribution in [1.82, 2.24) is 0 Å². The zero-order valence-electron chi connectivity index (χ0n) is 18.4. The average Bonchev–Trinajstić information content (AvgIpc) is 2.58. The van der Waals surface area contributed by atoms with Gasteiger partial charge in [-0.25, -0.2) is 0 Å². The Morgan fingerprint density at radius 1 is 0.600 bits per heavy atom. The summed E-state index contributed by atoms with van der Waals surface area (Å²) < 4.78 is 0. The number of hydrogen-bond donors (Lipinski definition) is 0. The Balaban J connectivity index is 3.35. The van der Waals surface area contributed by atoms with E-state index < -0.39 is 0 Å². The molecular weight excluding hydrogens is 300 g/mol. The molecule has 0 heterocycles. The third kappa shape index (κ3) is 18.3. The summed E-state index contributed by atoms with van der Waals surface area (Å²) in [5.41, 5.74) is 1.35. The zero-order valence-corrected chi connectivity index (χ0v) is 18.4. The molecule has 0 aliphatic rings. The van der Waals surface area contributed by atoms with E-state index in [1.165, 1.54) is 115 Å². The lowest BCUT2D eigenvalue weighted by atomic mass is 9.86. The Kier molecular flexibility index (Phi) is 18.3. The van der Waals surface area contributed by atoms with E-state index in [0.29, 0.717) is 0 Å². The Morgan fingerprint density at radius 2 is 0.960 bits per heavy atom. The molecule has 0 saturated carbocycles. The number of allylic oxidation sites excluding steroid dienone is 1. The van der Waals surface area contributed by atoms with Gasteiger partial charge < -0.3 is 0 Å². The number of unbranched alkanes of at least 4 members (excludes halogenated alkanes) is 12. The van der Waals surface area contributed by atoms with Gasteiger partial charge in [0.15, 0.2) is 0 Å². The van der Waals surface area contributed by atoms with Crippen LogP contribution in [0, 0.1) is 11.8 Å². The molecule has 0 heteroatoms. The number of rotatable bonds is 19. The van der Waals surface area contributed by atoms with Gasteiger partial charge in [0, 0.05) is 0 Å². The normalized spacial score (nSPS) is 13.8. The second-order valence-corrected chi connectivity index (χ2v) is 8.84. The molecule has 150 valence electrons. The van der Waals surface area contributed by atoms with Crippen LogP contribution in [0.2, 0.25) is 0 Å². The molecule has 0 bridgehead atoms. The summed E-state index contributed by atoms with van der Waals surface area (Å²) in [7, 11) is 0. The summed E-state index contributed by atoms with van der Waals surface area (Å²) in [6, 6.07) is 0. The minimum Gasteiger partial charge on any atom is -0.100 e. The van der Waals surface area contributed by atoms with Crippen LogP contribution < -0.4 is 0 Å². The number of hydrogen-bond acceptors (Lipinski definition) is 0. The lowest BCUT2D eigenvalue weighted by molar-refractivity contribution is 0.322. The van der Waals surface area contributed by atoms with Crippen molar-refractivity contribution in [1.29, 1.82) is 0 Å². The van der Waals surface area contributed by atoms with Crippen molar-refractivity contribution in [3.05, 3.63) is 12.2 Å². The summed E-state index contributed by atoms with van der Waals surface area (Å²) in [5, 5.41) is 0. The van der Waals surface area contributed by atoms with Gasteiger partial charge in [0.1, 0.15) is 0 Å². The molecule has 0 aromatic heterocycles. The average molecular weight is 351 g/mol. The summed E-state index contributed by atoms with van der Waals surface area (Å²) in [6.07, 6.45) is 24.2. The van der Waals surface area contributed by atoms with E-state index in [2.05, 4.69) is 34.3 Å². The quantitative estimate of drug-likeness (QED) is 0.161. The van der Waals surface area contributed by atoms with Gasteiger partial charge in [-0.05, 0) is 31.6 Å². The van der Waals surface area contributed by atoms with Gasteiger partial charge in [-0.15, -0.1) is 6.58 Å². The molecule has 0 nitrogen and oxygen atoms in total. The zero-order chi connectivity index (χ0) is 18.8. The van der Waals surface area contributed by atoms with Gasteiger partial charge in [-0.1, -0.05) is 123 Å². The second-order valence-electron chi connectivity index (χ2n) is 8.84. The van der Waals surface area contributed by atoms with E-state index in [-0.39, 0.29) is 0 Å². The van der Waals surface area contributed by atoms with Crippen molar-refractivity contribution in [2.24, 2.45) is 11.8 Å². The first-order valence-electron chi connectivity index (χ1n) is 11.7. The molecule has 0 amide bonds. The molecular formula is C25H50. The lowest BCUT2D eigenvalue weighted by Crippen LogP contribution is -2.08. The Bertz CT molecular complexity index is 278. The van der Waals surface area contributed by atoms with Crippen LogP contribution in [0.3, 0.4) is 0 Å². The molecule has 25 heavy (non-hydrogen) atoms. The van der Waals surface area contributed by atoms with Crippen LogP contribution in [0.4, 0.5) is 0 Å². The fourth-order valence-corrected chi connectivity index (χ4v) is 3.77. The summed E-state index contributed by atoms with van der Waals surface area (Å²) >= 11 is 0. The van der Waals surface area contributed by atoms with E-state index >= 15 is 0 Å². The van der Waals surface area contributed by atoms with Crippen molar-refractivity contribution in [2.45, 2.75) is 137 Å². The predicted octanol–water partition coefficient (Wildman–Crippen LogP) is 9.49. The molecule has 0 radical (unpaired) electrons. The lowest BCUT2D eigenvalue weighted by Gasteiger charge is -2.19. The van der Waals surface area contributed by atoms with Crippen molar-refractivity contribution in [3.8, 4) is 0 Å². The Labute approximate surface area is 161 Å². The molecule has 0 fully saturated rings. The third-order valence-electron chi connectivity index (χ3n) is 6.00. The smallest absolute Gasteiger partial charge is 0.0326 e. The van der Waals surface area contributed by atoms with Gasteiger partial charge in [-0.3, -0.25) is 0 Å². The van der Waals surface area contributed by atoms with E-state index in [1.807, 2.05) is 0 Å². The molecule has 0 aliphatic carbocycles. The Hall–Kier alpha value is -0.260. The minimum atomic E-state index is 0.927. The highest BCUT2D eigenvalue weighted by molar-refractivity contribution is 4.86. The molecule has 0 rings (SSSR count). The molecule has 0 N–H and O–H groups in total. The van der Waals surface area contributed by atoms with E-state index in [9.17, 15) is 0 Å². The largest absolute Gasteiger partial charge is 0.100 e. The fourth-order valence-electron chi connectivity index (χ4n) is 3.77. The topological polar surface area (TPSA) is 0 Å². The van der Waals surface area contributed by atoms with Crippen LogP contribution in [0.1, 0.15) is 137 Å². The standard InChI is InChI=1S/C25H50/c1-6-7-8-9-11-15-18-21-24(4)25(5)22-19-16-13-10-12-14-17-20-23(2)3/h24-25H,2,6-22H2,1,3-5H3. The van der Waals surface area contributed by atoms with Crippen LogP contribution >= 0.6 is 0 Å². The molecule has 0 saturated heterocycles. The van der Waals surface area contributed by atoms with E-state index in [1.54, 1.807) is 0 Å². The maximum atomic E-state index is 3.98. The van der Waals surface area contributed by atoms with Gasteiger partial charge in [0.2, 0.25) is 0 Å². The van der Waals surface area contributed by atoms with Gasteiger partial charge in [0.25, 0.3) is 0 Å². The van der Waals surface area contributed by atoms with Crippen molar-refractivity contribution >= 4 is 0 Å². The molecule has 0 aliphatic heterocycles. The van der Waals surface area contributed by atoms with E-state index in [4.69, 9.17) is 0 Å². The van der Waals surface area contributed by atoms with Gasteiger partial charge in [-0.2, -0.15) is 0 Å². The first-order valence-corrected chi connectivity index (χ1v) is 11.7. The molecule has 2 unspecified atom stereocenters. The van der Waals surface area contributed by atoms with Crippen molar-refractivity contribution in [3.63, 3.8) is 0 Å². The van der Waals surface area contributed by atoms with Crippen molar-refractivity contribution < 1.29 is 0 Å². The first-order chi connectivity index (χ1) is 12.1. The fraction of sp³-hybridized carbons (Fsp3) is 0.920. The molecule has 0 spiro atoms. The van der Waals surface area contributed by atoms with E-state index in [0.717, 1.165) is 11.8 Å². The predicted molar refractivity (Wildman–Crippen MR) is 117 cm³/mol. The Morgan fingerprint density at radius 3 is 1.36 bits per heavy atom. The SMILES string of the molecule is C=C(C)CCCCCCCCCC(C)C(C)CCCCCCCCC. The maximum absolute atomic E-state index is 3.98. The first kappa shape index (κ1) is 24.7. The highest BCUT2D eigenvalue weighted by atomic mass is 14.2. The van der Waals surface area contributed by atoms with Crippen LogP contribution in [0.5, 0.6) is 0 Å². The maximum Gasteiger partial charge on any atom is -0.0326 e. The summed E-state index contributed by atoms with van der Waals surface area (Å²) in [6.45, 7) is 13.4. The molecule has 0 aromatic rings. The molecule has 2 atom stereocenters. The van der Waals surface area contributed by atoms with Crippen molar-refractivity contribution in [2.75, 3.05) is 0 Å². The third-order valence-corrected chi connectivity index (χ3v) is 6.00. The summed E-state index contributed by atoms with van der Waals surface area (Å²) in [4.78, 5) is 0. The van der Waals surface area contributed by atoms with Crippen LogP contribution in [0.25, 0.3) is 0 Å². The monoisotopic (exact) mass is 350 g/mol. The highest BCUT2D eigenvalue weighted by Crippen LogP contribution is 2.24. The van der Waals surface area contributed by atoms with Crippen LogP contribution in [0.15, 0.2) is 12.2 Å². The van der Waals surface area contributed by atoms with Crippen LogP contribution in [-0.4, -0.2) is 0 Å². The molecule has 0 aromatic carbocycles. The van der Waals surface area contributed by atoms with Gasteiger partial charge >= 0.3 is 0 Å². The van der Waals surface area contributed by atoms with Gasteiger partial charge in [0.05, 0.1) is 0 Å².